The van der Waals surface area contributed by atoms with Crippen molar-refractivity contribution in [1.29, 1.82) is 0 Å². The van der Waals surface area contributed by atoms with Gasteiger partial charge in [0.1, 0.15) is 10.7 Å². The van der Waals surface area contributed by atoms with E-state index in [2.05, 4.69) is 16.3 Å². The predicted octanol–water partition coefficient (Wildman–Crippen LogP) is 7.70. The predicted molar refractivity (Wildman–Crippen MR) is 133 cm³/mol. The summed E-state index contributed by atoms with van der Waals surface area (Å²) < 4.78 is 33.4. The minimum absolute atomic E-state index is 0.0219. The molecule has 0 aliphatic rings. The second-order valence-corrected chi connectivity index (χ2v) is 9.87. The lowest BCUT2D eigenvalue weighted by Crippen LogP contribution is -2.13. The van der Waals surface area contributed by atoms with Gasteiger partial charge in [-0.1, -0.05) is 71.2 Å². The van der Waals surface area contributed by atoms with Gasteiger partial charge in [0.25, 0.3) is 10.0 Å². The van der Waals surface area contributed by atoms with Gasteiger partial charge in [0.2, 0.25) is 0 Å². The molecular formula is C22H16Cl4N2O3S. The van der Waals surface area contributed by atoms with E-state index >= 15 is 0 Å². The summed E-state index contributed by atoms with van der Waals surface area (Å²) in [7, 11) is -4.01. The van der Waals surface area contributed by atoms with Crippen LogP contribution >= 0.6 is 46.4 Å². The summed E-state index contributed by atoms with van der Waals surface area (Å²) in [6, 6.07) is 14.3. The minimum atomic E-state index is -4.01. The summed E-state index contributed by atoms with van der Waals surface area (Å²) in [5, 5.41) is 0.435. The van der Waals surface area contributed by atoms with Gasteiger partial charge in [-0.15, -0.1) is 0 Å². The third-order valence-corrected chi connectivity index (χ3v) is 6.79. The zero-order chi connectivity index (χ0) is 23.5. The number of aryl methyl sites for hydroxylation is 1. The fraction of sp³-hybridized carbons (Fsp3) is 0.0455. The number of sulfonamides is 1. The Kier molecular flexibility index (Phi) is 7.75. The molecule has 3 aromatic rings. The first kappa shape index (κ1) is 24.4. The number of anilines is 1. The average molecular weight is 530 g/mol. The standard InChI is InChI=1S/C22H16Cl4N2O3S/c1-13-5-3-4-6-20(13)27-12-14(2)31-22-18(25)10-16(11-19(22)26)28-32(29,30)21-8-7-15(23)9-17(21)24/h3-12,28H,2H2,1H3. The molecule has 1 N–H and O–H groups in total. The third kappa shape index (κ3) is 5.97. The molecule has 0 amide bonds. The highest BCUT2D eigenvalue weighted by molar-refractivity contribution is 7.92. The van der Waals surface area contributed by atoms with Crippen LogP contribution in [0.3, 0.4) is 0 Å². The Bertz CT molecular complexity index is 1300. The number of benzene rings is 3. The molecule has 32 heavy (non-hydrogen) atoms. The van der Waals surface area contributed by atoms with E-state index in [-0.39, 0.29) is 37.2 Å². The monoisotopic (exact) mass is 528 g/mol. The summed E-state index contributed by atoms with van der Waals surface area (Å²) in [5.74, 6) is 0.306. The van der Waals surface area contributed by atoms with Crippen molar-refractivity contribution in [3.8, 4) is 5.75 Å². The zero-order valence-electron chi connectivity index (χ0n) is 16.6. The number of rotatable bonds is 7. The number of ether oxygens (including phenoxy) is 1. The van der Waals surface area contributed by atoms with Gasteiger partial charge in [-0.3, -0.25) is 9.71 Å². The number of nitrogens with one attached hydrogen (secondary N) is 1. The Hall–Kier alpha value is -2.22. The Morgan fingerprint density at radius 3 is 2.28 bits per heavy atom. The molecule has 166 valence electrons. The highest BCUT2D eigenvalue weighted by Gasteiger charge is 2.20. The van der Waals surface area contributed by atoms with Crippen LogP contribution in [0.4, 0.5) is 11.4 Å². The van der Waals surface area contributed by atoms with Crippen molar-refractivity contribution in [2.45, 2.75) is 11.8 Å². The number of aliphatic imine (C=N–C) groups is 1. The summed E-state index contributed by atoms with van der Waals surface area (Å²) in [6.07, 6.45) is 1.44. The highest BCUT2D eigenvalue weighted by Crippen LogP contribution is 2.38. The number of hydrogen-bond donors (Lipinski definition) is 1. The van der Waals surface area contributed by atoms with Crippen LogP contribution < -0.4 is 9.46 Å². The fourth-order valence-corrected chi connectivity index (χ4v) is 5.01. The number of allylic oxidation sites excluding steroid dienone is 1. The molecule has 0 spiro atoms. The number of halogens is 4. The Morgan fingerprint density at radius 1 is 1.00 bits per heavy atom. The molecule has 3 rings (SSSR count). The lowest BCUT2D eigenvalue weighted by atomic mass is 10.2. The van der Waals surface area contributed by atoms with E-state index in [0.717, 1.165) is 11.3 Å². The molecule has 5 nitrogen and oxygen atoms in total. The van der Waals surface area contributed by atoms with E-state index in [0.29, 0.717) is 5.02 Å². The first-order valence-electron chi connectivity index (χ1n) is 9.00. The molecule has 0 heterocycles. The molecule has 0 aromatic heterocycles. The second-order valence-electron chi connectivity index (χ2n) is 6.56. The van der Waals surface area contributed by atoms with Gasteiger partial charge in [0, 0.05) is 5.02 Å². The van der Waals surface area contributed by atoms with Crippen LogP contribution in [0.1, 0.15) is 5.56 Å². The Labute approximate surface area is 206 Å². The number of hydrogen-bond acceptors (Lipinski definition) is 4. The maximum Gasteiger partial charge on any atom is 0.263 e. The molecular weight excluding hydrogens is 514 g/mol. The van der Waals surface area contributed by atoms with Crippen LogP contribution in [0.2, 0.25) is 20.1 Å². The minimum Gasteiger partial charge on any atom is -0.453 e. The van der Waals surface area contributed by atoms with Crippen LogP contribution in [-0.2, 0) is 10.0 Å². The Morgan fingerprint density at radius 2 is 1.66 bits per heavy atom. The van der Waals surface area contributed by atoms with Crippen molar-refractivity contribution in [3.63, 3.8) is 0 Å². The van der Waals surface area contributed by atoms with E-state index in [1.54, 1.807) is 0 Å². The van der Waals surface area contributed by atoms with Gasteiger partial charge in [-0.05, 0) is 48.9 Å². The first-order valence-corrected chi connectivity index (χ1v) is 12.0. The van der Waals surface area contributed by atoms with E-state index in [9.17, 15) is 8.42 Å². The molecule has 3 aromatic carbocycles. The van der Waals surface area contributed by atoms with Crippen LogP contribution in [0.5, 0.6) is 5.75 Å². The molecule has 0 saturated heterocycles. The quantitative estimate of drug-likeness (QED) is 0.252. The summed E-state index contributed by atoms with van der Waals surface area (Å²) in [5.41, 5.74) is 1.88. The summed E-state index contributed by atoms with van der Waals surface area (Å²) in [6.45, 7) is 5.72. The van der Waals surface area contributed by atoms with Gasteiger partial charge in [0.15, 0.2) is 5.75 Å². The zero-order valence-corrected chi connectivity index (χ0v) is 20.4. The number of para-hydroxylation sites is 1. The fourth-order valence-electron chi connectivity index (χ4n) is 2.63. The van der Waals surface area contributed by atoms with Crippen molar-refractivity contribution in [1.82, 2.24) is 0 Å². The lowest BCUT2D eigenvalue weighted by molar-refractivity contribution is 0.460. The van der Waals surface area contributed by atoms with E-state index in [4.69, 9.17) is 51.1 Å². The molecule has 0 fully saturated rings. The largest absolute Gasteiger partial charge is 0.453 e. The van der Waals surface area contributed by atoms with Gasteiger partial charge in [0.05, 0.1) is 32.7 Å². The maximum absolute atomic E-state index is 12.7. The van der Waals surface area contributed by atoms with E-state index < -0.39 is 10.0 Å². The van der Waals surface area contributed by atoms with Crippen molar-refractivity contribution in [3.05, 3.63) is 92.6 Å². The second kappa shape index (κ2) is 10.1. The van der Waals surface area contributed by atoms with Crippen LogP contribution in [0.15, 0.2) is 76.8 Å². The Balaban J connectivity index is 1.79. The van der Waals surface area contributed by atoms with Crippen molar-refractivity contribution in [2.75, 3.05) is 4.72 Å². The van der Waals surface area contributed by atoms with Crippen LogP contribution in [0.25, 0.3) is 0 Å². The van der Waals surface area contributed by atoms with Crippen molar-refractivity contribution < 1.29 is 13.2 Å². The van der Waals surface area contributed by atoms with Crippen LogP contribution in [-0.4, -0.2) is 14.6 Å². The van der Waals surface area contributed by atoms with Gasteiger partial charge in [-0.25, -0.2) is 8.42 Å². The molecule has 0 bridgehead atoms. The first-order chi connectivity index (χ1) is 15.1. The van der Waals surface area contributed by atoms with Crippen molar-refractivity contribution >= 4 is 74.0 Å². The van der Waals surface area contributed by atoms with Crippen LogP contribution in [0, 0.1) is 6.92 Å². The third-order valence-electron chi connectivity index (χ3n) is 4.13. The molecule has 10 heteroatoms. The topological polar surface area (TPSA) is 67.8 Å². The highest BCUT2D eigenvalue weighted by atomic mass is 35.5. The lowest BCUT2D eigenvalue weighted by Gasteiger charge is -2.13. The molecule has 0 saturated carbocycles. The van der Waals surface area contributed by atoms with Crippen molar-refractivity contribution in [2.24, 2.45) is 4.99 Å². The number of nitrogens with zero attached hydrogens (tertiary/aromatic N) is 1. The van der Waals surface area contributed by atoms with Gasteiger partial charge >= 0.3 is 0 Å². The normalized spacial score (nSPS) is 11.5. The molecule has 0 atom stereocenters. The molecule has 0 aliphatic heterocycles. The van der Waals surface area contributed by atoms with E-state index in [1.165, 1.54) is 36.5 Å². The summed E-state index contributed by atoms with van der Waals surface area (Å²) in [4.78, 5) is 4.18. The van der Waals surface area contributed by atoms with Gasteiger partial charge < -0.3 is 4.74 Å². The molecule has 0 aliphatic carbocycles. The SMILES string of the molecule is C=C(C=Nc1ccccc1C)Oc1c(Cl)cc(NS(=O)(=O)c2ccc(Cl)cc2Cl)cc1Cl. The van der Waals surface area contributed by atoms with Gasteiger partial charge in [-0.2, -0.15) is 0 Å². The molecule has 0 unspecified atom stereocenters. The maximum atomic E-state index is 12.7. The van der Waals surface area contributed by atoms with E-state index in [1.807, 2.05) is 31.2 Å². The smallest absolute Gasteiger partial charge is 0.263 e. The average Bonchev–Trinajstić information content (AvgIpc) is 2.69. The summed E-state index contributed by atoms with van der Waals surface area (Å²) >= 11 is 24.4. The molecule has 0 radical (unpaired) electrons.